The van der Waals surface area contributed by atoms with Gasteiger partial charge in [-0.05, 0) is 87.3 Å². The van der Waals surface area contributed by atoms with Crippen LogP contribution < -0.4 is 0 Å². The summed E-state index contributed by atoms with van der Waals surface area (Å²) in [6, 6.07) is 44.5. The molecule has 0 bridgehead atoms. The molecule has 4 heterocycles. The van der Waals surface area contributed by atoms with Gasteiger partial charge in [-0.3, -0.25) is 19.4 Å². The smallest absolute Gasteiger partial charge is 0.356 e. The molecule has 0 spiro atoms. The lowest BCUT2D eigenvalue weighted by Gasteiger charge is -2.32. The summed E-state index contributed by atoms with van der Waals surface area (Å²) in [6.45, 7) is 1.63. The Kier molecular flexibility index (Phi) is 12.8. The van der Waals surface area contributed by atoms with E-state index >= 15 is 0 Å². The number of benzene rings is 5. The number of likely N-dealkylation sites (N-methyl/N-ethyl adjacent to an activating group) is 2. The van der Waals surface area contributed by atoms with Gasteiger partial charge in [0.1, 0.15) is 23.7 Å². The number of carbonyl (C=O) groups is 3. The topological polar surface area (TPSA) is 131 Å². The van der Waals surface area contributed by atoms with E-state index in [1.807, 2.05) is 174 Å². The van der Waals surface area contributed by atoms with Crippen molar-refractivity contribution in [1.82, 2.24) is 39.1 Å². The van der Waals surface area contributed by atoms with Gasteiger partial charge in [0.25, 0.3) is 0 Å². The molecule has 4 atom stereocenters. The zero-order valence-electron chi connectivity index (χ0n) is 37.9. The molecule has 336 valence electrons. The average molecular weight is 881 g/mol. The number of likely N-dealkylation sites (tertiary alicyclic amines) is 2. The molecular formula is C54H56N8O4. The molecule has 2 aliphatic rings. The van der Waals surface area contributed by atoms with E-state index in [0.717, 1.165) is 69.7 Å². The monoisotopic (exact) mass is 880 g/mol. The van der Waals surface area contributed by atoms with E-state index in [-0.39, 0.29) is 29.6 Å². The SMILES string of the molecule is CN(C)[C@@H](C(=O)N1CCC[C@H]1c1ncc(-c2ccc(-c3ccc(-c4c(C(=O)O)nc([C@@H]5CCCN5C(=O)[C@@H](c5ccccc5)N(C)C)n4Cc4ccccc4)cc3)cc2)[nH]1)c1ccccc1. The third-order valence-corrected chi connectivity index (χ3v) is 13.1. The number of carboxylic acids is 1. The average Bonchev–Trinajstić information content (AvgIpc) is 4.17. The Morgan fingerprint density at radius 3 is 1.62 bits per heavy atom. The van der Waals surface area contributed by atoms with Crippen molar-refractivity contribution in [1.29, 1.82) is 0 Å². The molecule has 0 aliphatic carbocycles. The van der Waals surface area contributed by atoms with Crippen LogP contribution in [0.1, 0.15) is 88.7 Å². The molecule has 2 saturated heterocycles. The first-order valence-electron chi connectivity index (χ1n) is 22.7. The van der Waals surface area contributed by atoms with Crippen molar-refractivity contribution in [3.63, 3.8) is 0 Å². The first-order chi connectivity index (χ1) is 32.1. The Labute approximate surface area is 386 Å². The van der Waals surface area contributed by atoms with Crippen molar-refractivity contribution < 1.29 is 19.5 Å². The molecule has 12 nitrogen and oxygen atoms in total. The Balaban J connectivity index is 0.979. The maximum Gasteiger partial charge on any atom is 0.356 e. The summed E-state index contributed by atoms with van der Waals surface area (Å²) in [7, 11) is 7.71. The van der Waals surface area contributed by atoms with Gasteiger partial charge in [-0.15, -0.1) is 0 Å². The third-order valence-electron chi connectivity index (χ3n) is 13.1. The minimum Gasteiger partial charge on any atom is -0.476 e. The number of hydrogen-bond donors (Lipinski definition) is 2. The highest BCUT2D eigenvalue weighted by Crippen LogP contribution is 2.40. The summed E-state index contributed by atoms with van der Waals surface area (Å²) in [5.41, 5.74) is 7.88. The highest BCUT2D eigenvalue weighted by atomic mass is 16.4. The largest absolute Gasteiger partial charge is 0.476 e. The Bertz CT molecular complexity index is 2790. The van der Waals surface area contributed by atoms with E-state index in [1.54, 1.807) is 0 Å². The molecule has 2 N–H and O–H groups in total. The van der Waals surface area contributed by atoms with Crippen molar-refractivity contribution in [2.45, 2.75) is 56.4 Å². The van der Waals surface area contributed by atoms with Crippen LogP contribution in [0.4, 0.5) is 0 Å². The summed E-state index contributed by atoms with van der Waals surface area (Å²) in [5, 5.41) is 10.7. The third kappa shape index (κ3) is 8.81. The van der Waals surface area contributed by atoms with Gasteiger partial charge in [-0.2, -0.15) is 0 Å². The molecule has 66 heavy (non-hydrogen) atoms. The van der Waals surface area contributed by atoms with E-state index in [1.165, 1.54) is 0 Å². The number of nitrogens with zero attached hydrogens (tertiary/aromatic N) is 7. The van der Waals surface area contributed by atoms with Gasteiger partial charge in [-0.1, -0.05) is 140 Å². The summed E-state index contributed by atoms with van der Waals surface area (Å²) in [5.74, 6) is 0.278. The van der Waals surface area contributed by atoms with Crippen LogP contribution >= 0.6 is 0 Å². The second kappa shape index (κ2) is 19.1. The molecular weight excluding hydrogens is 825 g/mol. The fourth-order valence-electron chi connectivity index (χ4n) is 9.93. The molecule has 0 unspecified atom stereocenters. The molecule has 2 amide bonds. The van der Waals surface area contributed by atoms with Crippen molar-refractivity contribution >= 4 is 17.8 Å². The van der Waals surface area contributed by atoms with Crippen molar-refractivity contribution in [2.24, 2.45) is 0 Å². The molecule has 0 saturated carbocycles. The summed E-state index contributed by atoms with van der Waals surface area (Å²) < 4.78 is 2.01. The number of carboxylic acid groups (broad SMARTS) is 1. The maximum atomic E-state index is 14.5. The predicted molar refractivity (Wildman–Crippen MR) is 256 cm³/mol. The number of aromatic nitrogens is 4. The van der Waals surface area contributed by atoms with Crippen LogP contribution in [-0.2, 0) is 16.1 Å². The van der Waals surface area contributed by atoms with Gasteiger partial charge >= 0.3 is 5.97 Å². The standard InChI is InChI=1S/C54H56N8O4/c1-58(2)48(40-18-10-6-11-19-40)52(63)60-32-14-22-44(60)50-55-34-43(56-50)39-28-24-37(25-29-39)38-26-30-42(31-27-38)47-46(54(65)66)57-51(62(47)35-36-16-8-5-9-17-36)45-23-15-33-61(45)53(64)49(59(3)4)41-20-12-7-13-21-41/h5-13,16-21,24-31,34,44-45,48-49H,14-15,22-23,32-33,35H2,1-4H3,(H,55,56)(H,65,66)/t44-,45-,48+,49+/m0/s1. The number of amides is 2. The van der Waals surface area contributed by atoms with Crippen LogP contribution in [-0.4, -0.2) is 103 Å². The minimum atomic E-state index is -1.12. The number of aromatic carboxylic acids is 1. The Hall–Kier alpha value is -7.15. The van der Waals surface area contributed by atoms with E-state index in [4.69, 9.17) is 9.97 Å². The van der Waals surface area contributed by atoms with E-state index in [2.05, 4.69) is 29.2 Å². The molecule has 7 aromatic rings. The highest BCUT2D eigenvalue weighted by Gasteiger charge is 2.40. The van der Waals surface area contributed by atoms with Gasteiger partial charge in [-0.25, -0.2) is 14.8 Å². The number of hydrogen-bond acceptors (Lipinski definition) is 7. The molecule has 2 aromatic heterocycles. The molecule has 12 heteroatoms. The molecule has 9 rings (SSSR count). The number of carbonyl (C=O) groups excluding carboxylic acids is 2. The fraction of sp³-hybridized carbons (Fsp3) is 0.278. The second-order valence-electron chi connectivity index (χ2n) is 17.8. The predicted octanol–water partition coefficient (Wildman–Crippen LogP) is 9.29. The van der Waals surface area contributed by atoms with Crippen LogP contribution in [0.3, 0.4) is 0 Å². The van der Waals surface area contributed by atoms with Gasteiger partial charge in [0.2, 0.25) is 11.8 Å². The number of imidazole rings is 2. The lowest BCUT2D eigenvalue weighted by Crippen LogP contribution is -2.40. The van der Waals surface area contributed by atoms with Crippen LogP contribution in [0.5, 0.6) is 0 Å². The quantitative estimate of drug-likeness (QED) is 0.111. The van der Waals surface area contributed by atoms with Gasteiger partial charge in [0.05, 0.1) is 29.7 Å². The first-order valence-corrected chi connectivity index (χ1v) is 22.7. The van der Waals surface area contributed by atoms with Crippen molar-refractivity contribution in [2.75, 3.05) is 41.3 Å². The number of nitrogens with one attached hydrogen (secondary N) is 1. The van der Waals surface area contributed by atoms with Gasteiger partial charge in [0.15, 0.2) is 5.69 Å². The fourth-order valence-corrected chi connectivity index (χ4v) is 9.93. The van der Waals surface area contributed by atoms with Crippen LogP contribution in [0, 0.1) is 0 Å². The Morgan fingerprint density at radius 1 is 0.636 bits per heavy atom. The van der Waals surface area contributed by atoms with Gasteiger partial charge < -0.3 is 24.5 Å². The summed E-state index contributed by atoms with van der Waals surface area (Å²) in [6.07, 6.45) is 5.05. The van der Waals surface area contributed by atoms with Crippen LogP contribution in [0.2, 0.25) is 0 Å². The lowest BCUT2D eigenvalue weighted by atomic mass is 10.0. The zero-order chi connectivity index (χ0) is 45.9. The number of aromatic amines is 1. The lowest BCUT2D eigenvalue weighted by molar-refractivity contribution is -0.138. The van der Waals surface area contributed by atoms with Crippen molar-refractivity contribution in [3.05, 3.63) is 180 Å². The molecule has 2 fully saturated rings. The number of rotatable bonds is 14. The normalized spacial score (nSPS) is 17.1. The van der Waals surface area contributed by atoms with Crippen molar-refractivity contribution in [3.8, 4) is 33.6 Å². The van der Waals surface area contributed by atoms with Crippen LogP contribution in [0.15, 0.2) is 146 Å². The summed E-state index contributed by atoms with van der Waals surface area (Å²) in [4.78, 5) is 62.6. The number of H-pyrrole nitrogens is 1. The van der Waals surface area contributed by atoms with E-state index in [0.29, 0.717) is 37.6 Å². The van der Waals surface area contributed by atoms with E-state index in [9.17, 15) is 19.5 Å². The molecule has 2 aliphatic heterocycles. The second-order valence-corrected chi connectivity index (χ2v) is 17.8. The van der Waals surface area contributed by atoms with E-state index < -0.39 is 18.1 Å². The maximum absolute atomic E-state index is 14.5. The molecule has 0 radical (unpaired) electrons. The van der Waals surface area contributed by atoms with Gasteiger partial charge in [0, 0.05) is 25.2 Å². The van der Waals surface area contributed by atoms with Crippen LogP contribution in [0.25, 0.3) is 33.6 Å². The zero-order valence-corrected chi connectivity index (χ0v) is 37.9. The first kappa shape index (κ1) is 44.1. The summed E-state index contributed by atoms with van der Waals surface area (Å²) >= 11 is 0. The highest BCUT2D eigenvalue weighted by molar-refractivity contribution is 5.94. The molecule has 5 aromatic carbocycles. The Morgan fingerprint density at radius 2 is 1.11 bits per heavy atom. The minimum absolute atomic E-state index is 0.0329.